The number of benzene rings is 1. The van der Waals surface area contributed by atoms with Gasteiger partial charge >= 0.3 is 0 Å². The van der Waals surface area contributed by atoms with E-state index in [9.17, 15) is 9.18 Å². The van der Waals surface area contributed by atoms with Crippen LogP contribution in [0.3, 0.4) is 0 Å². The number of hydrogen-bond acceptors (Lipinski definition) is 2. The summed E-state index contributed by atoms with van der Waals surface area (Å²) in [7, 11) is 0. The predicted molar refractivity (Wildman–Crippen MR) is 70.4 cm³/mol. The zero-order valence-corrected chi connectivity index (χ0v) is 11.2. The first kappa shape index (κ1) is 13.3. The molecular formula is C13H16ClFN2O. The lowest BCUT2D eigenvalue weighted by Crippen LogP contribution is -2.41. The van der Waals surface area contributed by atoms with Crippen LogP contribution in [0.1, 0.15) is 20.3 Å². The number of carbonyl (C=O) groups excluding carboxylic acids is 1. The largest absolute Gasteiger partial charge is 0.308 e. The molecule has 0 radical (unpaired) electrons. The predicted octanol–water partition coefficient (Wildman–Crippen LogP) is 2.58. The highest BCUT2D eigenvalue weighted by Gasteiger charge is 2.33. The minimum Gasteiger partial charge on any atom is -0.308 e. The van der Waals surface area contributed by atoms with Crippen molar-refractivity contribution >= 4 is 23.2 Å². The Morgan fingerprint density at radius 1 is 1.50 bits per heavy atom. The molecule has 1 amide bonds. The second-order valence-corrected chi connectivity index (χ2v) is 5.18. The molecule has 1 atom stereocenters. The molecule has 98 valence electrons. The number of rotatable bonds is 3. The van der Waals surface area contributed by atoms with Crippen LogP contribution in [0.25, 0.3) is 0 Å². The fraction of sp³-hybridized carbons (Fsp3) is 0.462. The highest BCUT2D eigenvalue weighted by molar-refractivity contribution is 6.30. The summed E-state index contributed by atoms with van der Waals surface area (Å²) >= 11 is 5.70. The van der Waals surface area contributed by atoms with Crippen LogP contribution in [0.4, 0.5) is 10.1 Å². The molecule has 1 aliphatic rings. The number of nitrogens with one attached hydrogen (secondary N) is 1. The third kappa shape index (κ3) is 2.65. The lowest BCUT2D eigenvalue weighted by Gasteiger charge is -2.19. The zero-order valence-electron chi connectivity index (χ0n) is 10.4. The van der Waals surface area contributed by atoms with Crippen LogP contribution >= 0.6 is 11.6 Å². The number of halogens is 2. The molecule has 1 aromatic rings. The molecule has 0 aliphatic carbocycles. The maximum absolute atomic E-state index is 13.8. The lowest BCUT2D eigenvalue weighted by atomic mass is 10.2. The molecule has 1 aliphatic heterocycles. The second kappa shape index (κ2) is 5.24. The second-order valence-electron chi connectivity index (χ2n) is 4.75. The summed E-state index contributed by atoms with van der Waals surface area (Å²) in [6.45, 7) is 4.50. The van der Waals surface area contributed by atoms with Crippen LogP contribution in [-0.4, -0.2) is 24.5 Å². The number of anilines is 1. The molecule has 1 aromatic carbocycles. The first-order valence-electron chi connectivity index (χ1n) is 6.01. The fourth-order valence-corrected chi connectivity index (χ4v) is 2.34. The third-order valence-electron chi connectivity index (χ3n) is 2.94. The summed E-state index contributed by atoms with van der Waals surface area (Å²) in [6, 6.07) is 4.38. The quantitative estimate of drug-likeness (QED) is 0.916. The third-order valence-corrected chi connectivity index (χ3v) is 3.18. The van der Waals surface area contributed by atoms with Crippen molar-refractivity contribution in [2.75, 3.05) is 11.4 Å². The Labute approximate surface area is 111 Å². The van der Waals surface area contributed by atoms with Gasteiger partial charge < -0.3 is 10.2 Å². The van der Waals surface area contributed by atoms with Crippen molar-refractivity contribution in [3.63, 3.8) is 0 Å². The van der Waals surface area contributed by atoms with Crippen LogP contribution in [-0.2, 0) is 4.79 Å². The summed E-state index contributed by atoms with van der Waals surface area (Å²) in [6.07, 6.45) is 0.694. The number of hydrogen-bond donors (Lipinski definition) is 1. The van der Waals surface area contributed by atoms with Gasteiger partial charge in [0.1, 0.15) is 5.82 Å². The highest BCUT2D eigenvalue weighted by Crippen LogP contribution is 2.27. The van der Waals surface area contributed by atoms with E-state index in [0.29, 0.717) is 23.7 Å². The van der Waals surface area contributed by atoms with Crippen molar-refractivity contribution in [1.82, 2.24) is 5.32 Å². The van der Waals surface area contributed by atoms with Crippen LogP contribution in [0, 0.1) is 5.82 Å². The summed E-state index contributed by atoms with van der Waals surface area (Å²) in [5.74, 6) is -0.536. The van der Waals surface area contributed by atoms with Gasteiger partial charge in [0.05, 0.1) is 11.7 Å². The Morgan fingerprint density at radius 2 is 2.22 bits per heavy atom. The summed E-state index contributed by atoms with van der Waals surface area (Å²) in [4.78, 5) is 13.6. The van der Waals surface area contributed by atoms with Crippen molar-refractivity contribution in [1.29, 1.82) is 0 Å². The molecule has 18 heavy (non-hydrogen) atoms. The molecule has 2 rings (SSSR count). The van der Waals surface area contributed by atoms with Gasteiger partial charge in [-0.1, -0.05) is 25.4 Å². The Morgan fingerprint density at radius 3 is 2.83 bits per heavy atom. The van der Waals surface area contributed by atoms with Crippen molar-refractivity contribution in [3.8, 4) is 0 Å². The Kier molecular flexibility index (Phi) is 3.88. The van der Waals surface area contributed by atoms with Gasteiger partial charge in [-0.05, 0) is 24.6 Å². The average molecular weight is 271 g/mol. The average Bonchev–Trinajstić information content (AvgIpc) is 2.60. The molecule has 0 spiro atoms. The van der Waals surface area contributed by atoms with E-state index in [-0.39, 0.29) is 18.0 Å². The SMILES string of the molecule is CC(C)NC1CCN(c2ccc(Cl)cc2F)C1=O. The maximum atomic E-state index is 13.8. The minimum atomic E-state index is -0.457. The number of amides is 1. The number of nitrogens with zero attached hydrogens (tertiary/aromatic N) is 1. The van der Waals surface area contributed by atoms with Crippen LogP contribution in [0.2, 0.25) is 5.02 Å². The number of carbonyl (C=O) groups is 1. The molecule has 1 N–H and O–H groups in total. The molecule has 1 fully saturated rings. The lowest BCUT2D eigenvalue weighted by molar-refractivity contribution is -0.119. The van der Waals surface area contributed by atoms with Gasteiger partial charge in [0.15, 0.2) is 0 Å². The van der Waals surface area contributed by atoms with Crippen molar-refractivity contribution < 1.29 is 9.18 Å². The van der Waals surface area contributed by atoms with Gasteiger partial charge in [-0.25, -0.2) is 4.39 Å². The van der Waals surface area contributed by atoms with E-state index in [1.54, 1.807) is 12.1 Å². The van der Waals surface area contributed by atoms with Crippen molar-refractivity contribution in [2.24, 2.45) is 0 Å². The Balaban J connectivity index is 2.18. The van der Waals surface area contributed by atoms with Crippen LogP contribution in [0.5, 0.6) is 0 Å². The monoisotopic (exact) mass is 270 g/mol. The molecule has 0 saturated carbocycles. The van der Waals surface area contributed by atoms with Gasteiger partial charge in [0.25, 0.3) is 0 Å². The maximum Gasteiger partial charge on any atom is 0.244 e. The zero-order chi connectivity index (χ0) is 13.3. The first-order valence-corrected chi connectivity index (χ1v) is 6.39. The summed E-state index contributed by atoms with van der Waals surface area (Å²) < 4.78 is 13.8. The van der Waals surface area contributed by atoms with Gasteiger partial charge in [-0.3, -0.25) is 4.79 Å². The summed E-state index contributed by atoms with van der Waals surface area (Å²) in [5.41, 5.74) is 0.303. The summed E-state index contributed by atoms with van der Waals surface area (Å²) in [5, 5.41) is 3.52. The van der Waals surface area contributed by atoms with Gasteiger partial charge in [0.2, 0.25) is 5.91 Å². The van der Waals surface area contributed by atoms with Gasteiger partial charge in [-0.2, -0.15) is 0 Å². The smallest absolute Gasteiger partial charge is 0.244 e. The normalized spacial score (nSPS) is 19.9. The van der Waals surface area contributed by atoms with E-state index in [2.05, 4.69) is 5.32 Å². The van der Waals surface area contributed by atoms with E-state index >= 15 is 0 Å². The van der Waals surface area contributed by atoms with Crippen molar-refractivity contribution in [2.45, 2.75) is 32.4 Å². The molecule has 1 saturated heterocycles. The molecule has 1 unspecified atom stereocenters. The minimum absolute atomic E-state index is 0.0788. The van der Waals surface area contributed by atoms with Gasteiger partial charge in [0, 0.05) is 17.6 Å². The van der Waals surface area contributed by atoms with Gasteiger partial charge in [-0.15, -0.1) is 0 Å². The van der Waals surface area contributed by atoms with E-state index < -0.39 is 5.82 Å². The van der Waals surface area contributed by atoms with E-state index in [4.69, 9.17) is 11.6 Å². The van der Waals surface area contributed by atoms with E-state index in [1.807, 2.05) is 13.8 Å². The Hall–Kier alpha value is -1.13. The van der Waals surface area contributed by atoms with E-state index in [1.165, 1.54) is 11.0 Å². The first-order chi connectivity index (χ1) is 8.49. The Bertz CT molecular complexity index is 464. The molecule has 1 heterocycles. The van der Waals surface area contributed by atoms with E-state index in [0.717, 1.165) is 0 Å². The molecule has 0 aromatic heterocycles. The highest BCUT2D eigenvalue weighted by atomic mass is 35.5. The standard InChI is InChI=1S/C13H16ClFN2O/c1-8(2)16-11-5-6-17(13(11)18)12-4-3-9(14)7-10(12)15/h3-4,7-8,11,16H,5-6H2,1-2H3. The van der Waals surface area contributed by atoms with Crippen LogP contribution in [0.15, 0.2) is 18.2 Å². The molecule has 5 heteroatoms. The fourth-order valence-electron chi connectivity index (χ4n) is 2.18. The topological polar surface area (TPSA) is 32.3 Å². The molecule has 3 nitrogen and oxygen atoms in total. The van der Waals surface area contributed by atoms with Crippen molar-refractivity contribution in [3.05, 3.63) is 29.0 Å². The molecule has 0 bridgehead atoms. The van der Waals surface area contributed by atoms with Crippen LogP contribution < -0.4 is 10.2 Å². The molecular weight excluding hydrogens is 255 g/mol.